The summed E-state index contributed by atoms with van der Waals surface area (Å²) in [5, 5.41) is 12.5. The molecule has 0 amide bonds. The largest absolute Gasteiger partial charge is 0.497 e. The van der Waals surface area contributed by atoms with E-state index in [1.54, 1.807) is 7.11 Å². The van der Waals surface area contributed by atoms with Crippen LogP contribution in [0.3, 0.4) is 0 Å². The van der Waals surface area contributed by atoms with Crippen molar-refractivity contribution in [2.24, 2.45) is 5.92 Å². The fraction of sp³-hybridized carbons (Fsp3) is 0.562. The first-order valence-corrected chi connectivity index (χ1v) is 7.07. The first-order valence-electron chi connectivity index (χ1n) is 7.07. The lowest BCUT2D eigenvalue weighted by Crippen LogP contribution is -2.34. The summed E-state index contributed by atoms with van der Waals surface area (Å²) in [5.41, 5.74) is 1.33. The molecule has 1 saturated carbocycles. The Morgan fingerprint density at radius 3 is 2.47 bits per heavy atom. The van der Waals surface area contributed by atoms with E-state index in [9.17, 15) is 0 Å². The number of methoxy groups -OCH3 is 1. The predicted octanol–water partition coefficient (Wildman–Crippen LogP) is 2.91. The minimum Gasteiger partial charge on any atom is -0.497 e. The maximum atomic E-state index is 8.86. The summed E-state index contributed by atoms with van der Waals surface area (Å²) in [7, 11) is 1.69. The lowest BCUT2D eigenvalue weighted by molar-refractivity contribution is 0.334. The van der Waals surface area contributed by atoms with Crippen molar-refractivity contribution >= 4 is 0 Å². The summed E-state index contributed by atoms with van der Waals surface area (Å²) in [6, 6.07) is 11.2. The van der Waals surface area contributed by atoms with Crippen LogP contribution in [0.5, 0.6) is 5.75 Å². The zero-order chi connectivity index (χ0) is 13.5. The van der Waals surface area contributed by atoms with Crippen LogP contribution in [0.1, 0.15) is 31.2 Å². The number of hydrogen-bond donors (Lipinski definition) is 1. The highest BCUT2D eigenvalue weighted by molar-refractivity contribution is 5.27. The van der Waals surface area contributed by atoms with Crippen LogP contribution in [0, 0.1) is 17.2 Å². The predicted molar refractivity (Wildman–Crippen MR) is 76.1 cm³/mol. The molecular formula is C16H22N2O. The molecule has 0 spiro atoms. The molecule has 1 aliphatic rings. The zero-order valence-electron chi connectivity index (χ0n) is 11.6. The molecule has 1 aliphatic carbocycles. The highest BCUT2D eigenvalue weighted by Crippen LogP contribution is 2.23. The van der Waals surface area contributed by atoms with Crippen molar-refractivity contribution in [2.45, 2.75) is 38.1 Å². The Hall–Kier alpha value is -1.53. The van der Waals surface area contributed by atoms with Gasteiger partial charge in [0.25, 0.3) is 0 Å². The van der Waals surface area contributed by atoms with E-state index < -0.39 is 0 Å². The van der Waals surface area contributed by atoms with Gasteiger partial charge in [-0.3, -0.25) is 0 Å². The van der Waals surface area contributed by atoms with Crippen molar-refractivity contribution < 1.29 is 4.74 Å². The second-order valence-electron chi connectivity index (χ2n) is 5.23. The summed E-state index contributed by atoms with van der Waals surface area (Å²) in [4.78, 5) is 0. The van der Waals surface area contributed by atoms with E-state index in [1.807, 2.05) is 12.1 Å². The van der Waals surface area contributed by atoms with Gasteiger partial charge < -0.3 is 10.1 Å². The zero-order valence-corrected chi connectivity index (χ0v) is 11.6. The Morgan fingerprint density at radius 1 is 1.21 bits per heavy atom. The molecule has 0 radical (unpaired) electrons. The molecule has 1 fully saturated rings. The smallest absolute Gasteiger partial charge is 0.118 e. The van der Waals surface area contributed by atoms with Crippen LogP contribution in [0.25, 0.3) is 0 Å². The van der Waals surface area contributed by atoms with Crippen LogP contribution in [0.15, 0.2) is 24.3 Å². The van der Waals surface area contributed by atoms with Gasteiger partial charge in [0.2, 0.25) is 0 Å². The van der Waals surface area contributed by atoms with E-state index in [0.29, 0.717) is 12.0 Å². The SMILES string of the molecule is COc1ccc(CCNC2CCC(C#N)CC2)cc1. The molecule has 0 aliphatic heterocycles. The maximum absolute atomic E-state index is 8.86. The molecule has 0 bridgehead atoms. The lowest BCUT2D eigenvalue weighted by Gasteiger charge is -2.25. The van der Waals surface area contributed by atoms with Crippen molar-refractivity contribution in [2.75, 3.05) is 13.7 Å². The Balaban J connectivity index is 1.67. The number of benzene rings is 1. The van der Waals surface area contributed by atoms with Gasteiger partial charge in [-0.15, -0.1) is 0 Å². The Kier molecular flexibility index (Phi) is 5.23. The van der Waals surface area contributed by atoms with Gasteiger partial charge in [-0.05, 0) is 56.3 Å². The summed E-state index contributed by atoms with van der Waals surface area (Å²) in [5.74, 6) is 1.20. The summed E-state index contributed by atoms with van der Waals surface area (Å²) in [6.45, 7) is 1.01. The molecule has 2 rings (SSSR count). The Bertz CT molecular complexity index is 413. The number of nitrogens with one attached hydrogen (secondary N) is 1. The molecule has 102 valence electrons. The van der Waals surface area contributed by atoms with E-state index in [1.165, 1.54) is 5.56 Å². The van der Waals surface area contributed by atoms with Gasteiger partial charge in [0, 0.05) is 12.0 Å². The Morgan fingerprint density at radius 2 is 1.89 bits per heavy atom. The van der Waals surface area contributed by atoms with Crippen molar-refractivity contribution in [3.8, 4) is 11.8 Å². The van der Waals surface area contributed by atoms with Crippen LogP contribution in [0.4, 0.5) is 0 Å². The summed E-state index contributed by atoms with van der Waals surface area (Å²) in [6.07, 6.45) is 5.43. The molecule has 1 N–H and O–H groups in total. The van der Waals surface area contributed by atoms with Gasteiger partial charge in [-0.2, -0.15) is 5.26 Å². The van der Waals surface area contributed by atoms with Gasteiger partial charge >= 0.3 is 0 Å². The van der Waals surface area contributed by atoms with E-state index in [0.717, 1.165) is 44.4 Å². The van der Waals surface area contributed by atoms with Crippen LogP contribution < -0.4 is 10.1 Å². The molecule has 0 aromatic heterocycles. The molecule has 3 nitrogen and oxygen atoms in total. The van der Waals surface area contributed by atoms with Crippen LogP contribution in [0.2, 0.25) is 0 Å². The van der Waals surface area contributed by atoms with Crippen LogP contribution >= 0.6 is 0 Å². The highest BCUT2D eigenvalue weighted by Gasteiger charge is 2.19. The Labute approximate surface area is 115 Å². The number of nitrogens with zero attached hydrogens (tertiary/aromatic N) is 1. The summed E-state index contributed by atoms with van der Waals surface area (Å²) < 4.78 is 5.15. The minimum absolute atomic E-state index is 0.291. The molecule has 1 aromatic rings. The van der Waals surface area contributed by atoms with E-state index in [-0.39, 0.29) is 0 Å². The maximum Gasteiger partial charge on any atom is 0.118 e. The van der Waals surface area contributed by atoms with Gasteiger partial charge in [-0.25, -0.2) is 0 Å². The van der Waals surface area contributed by atoms with E-state index >= 15 is 0 Å². The minimum atomic E-state index is 0.291. The van der Waals surface area contributed by atoms with Gasteiger partial charge in [-0.1, -0.05) is 12.1 Å². The van der Waals surface area contributed by atoms with Gasteiger partial charge in [0.05, 0.1) is 13.2 Å². The lowest BCUT2D eigenvalue weighted by atomic mass is 9.87. The van der Waals surface area contributed by atoms with Crippen molar-refractivity contribution in [3.63, 3.8) is 0 Å². The van der Waals surface area contributed by atoms with Crippen molar-refractivity contribution in [1.82, 2.24) is 5.32 Å². The third-order valence-corrected chi connectivity index (χ3v) is 3.92. The molecule has 0 atom stereocenters. The number of rotatable bonds is 5. The van der Waals surface area contributed by atoms with E-state index in [2.05, 4.69) is 23.5 Å². The monoisotopic (exact) mass is 258 g/mol. The van der Waals surface area contributed by atoms with Crippen LogP contribution in [-0.2, 0) is 6.42 Å². The number of nitriles is 1. The molecule has 0 heterocycles. The first kappa shape index (κ1) is 13.9. The first-order chi connectivity index (χ1) is 9.31. The molecule has 0 saturated heterocycles. The number of ether oxygens (including phenoxy) is 1. The van der Waals surface area contributed by atoms with Crippen molar-refractivity contribution in [1.29, 1.82) is 5.26 Å². The fourth-order valence-corrected chi connectivity index (χ4v) is 2.64. The average Bonchev–Trinajstić information content (AvgIpc) is 2.49. The number of hydrogen-bond acceptors (Lipinski definition) is 3. The second kappa shape index (κ2) is 7.16. The van der Waals surface area contributed by atoms with Crippen molar-refractivity contribution in [3.05, 3.63) is 29.8 Å². The topological polar surface area (TPSA) is 45.0 Å². The standard InChI is InChI=1S/C16H22N2O/c1-19-16-8-4-13(5-9-16)10-11-18-15-6-2-14(12-17)3-7-15/h4-5,8-9,14-15,18H,2-3,6-7,10-11H2,1H3. The second-order valence-corrected chi connectivity index (χ2v) is 5.23. The summed E-state index contributed by atoms with van der Waals surface area (Å²) >= 11 is 0. The van der Waals surface area contributed by atoms with Gasteiger partial charge in [0.15, 0.2) is 0 Å². The molecule has 1 aromatic carbocycles. The van der Waals surface area contributed by atoms with Gasteiger partial charge in [0.1, 0.15) is 5.75 Å². The fourth-order valence-electron chi connectivity index (χ4n) is 2.64. The third-order valence-electron chi connectivity index (χ3n) is 3.92. The molecule has 3 heteroatoms. The quantitative estimate of drug-likeness (QED) is 0.883. The van der Waals surface area contributed by atoms with E-state index in [4.69, 9.17) is 10.00 Å². The molecular weight excluding hydrogens is 236 g/mol. The average molecular weight is 258 g/mol. The van der Waals surface area contributed by atoms with Crippen LogP contribution in [-0.4, -0.2) is 19.7 Å². The molecule has 19 heavy (non-hydrogen) atoms. The molecule has 0 unspecified atom stereocenters. The third kappa shape index (κ3) is 4.25. The highest BCUT2D eigenvalue weighted by atomic mass is 16.5. The normalized spacial score (nSPS) is 22.7.